The molecule has 2 N–H and O–H groups in total. The van der Waals surface area contributed by atoms with Crippen LogP contribution in [0, 0.1) is 0 Å². The number of carbonyl (C=O) groups is 1. The summed E-state index contributed by atoms with van der Waals surface area (Å²) in [6, 6.07) is 7.62. The molecule has 0 unspecified atom stereocenters. The SMILES string of the molecule is CNCc1cccc(C(=O)N2CC[C@H](O)C2)c1. The summed E-state index contributed by atoms with van der Waals surface area (Å²) < 4.78 is 0. The Bertz CT molecular complexity index is 406. The Morgan fingerprint density at radius 2 is 2.41 bits per heavy atom. The summed E-state index contributed by atoms with van der Waals surface area (Å²) in [6.07, 6.45) is 0.321. The molecule has 1 atom stereocenters. The fourth-order valence-corrected chi connectivity index (χ4v) is 2.13. The van der Waals surface area contributed by atoms with Crippen LogP contribution in [0.5, 0.6) is 0 Å². The van der Waals surface area contributed by atoms with E-state index in [0.717, 1.165) is 12.1 Å². The molecule has 1 saturated heterocycles. The van der Waals surface area contributed by atoms with Crippen molar-refractivity contribution in [1.29, 1.82) is 0 Å². The van der Waals surface area contributed by atoms with Crippen LogP contribution in [-0.4, -0.2) is 42.2 Å². The van der Waals surface area contributed by atoms with Gasteiger partial charge < -0.3 is 15.3 Å². The van der Waals surface area contributed by atoms with E-state index >= 15 is 0 Å². The first-order chi connectivity index (χ1) is 8.20. The van der Waals surface area contributed by atoms with E-state index in [-0.39, 0.29) is 12.0 Å². The molecular weight excluding hydrogens is 216 g/mol. The van der Waals surface area contributed by atoms with Gasteiger partial charge in [-0.2, -0.15) is 0 Å². The molecule has 4 heteroatoms. The number of nitrogens with zero attached hydrogens (tertiary/aromatic N) is 1. The molecule has 0 aliphatic carbocycles. The van der Waals surface area contributed by atoms with Gasteiger partial charge in [-0.15, -0.1) is 0 Å². The number of amides is 1. The molecule has 1 heterocycles. The summed E-state index contributed by atoms with van der Waals surface area (Å²) in [5.74, 6) is 0.0134. The number of rotatable bonds is 3. The Balaban J connectivity index is 2.10. The Morgan fingerprint density at radius 1 is 1.59 bits per heavy atom. The predicted octanol–water partition coefficient (Wildman–Crippen LogP) is 0.613. The molecule has 1 aliphatic rings. The first-order valence-corrected chi connectivity index (χ1v) is 5.91. The maximum Gasteiger partial charge on any atom is 0.253 e. The summed E-state index contributed by atoms with van der Waals surface area (Å²) in [7, 11) is 1.88. The van der Waals surface area contributed by atoms with Crippen molar-refractivity contribution in [3.05, 3.63) is 35.4 Å². The highest BCUT2D eigenvalue weighted by atomic mass is 16.3. The van der Waals surface area contributed by atoms with Crippen molar-refractivity contribution in [1.82, 2.24) is 10.2 Å². The summed E-state index contributed by atoms with van der Waals surface area (Å²) in [5, 5.41) is 12.5. The zero-order valence-corrected chi connectivity index (χ0v) is 10.0. The fraction of sp³-hybridized carbons (Fsp3) is 0.462. The second-order valence-corrected chi connectivity index (χ2v) is 4.42. The van der Waals surface area contributed by atoms with E-state index in [0.29, 0.717) is 25.1 Å². The molecule has 1 aliphatic heterocycles. The minimum Gasteiger partial charge on any atom is -0.391 e. The van der Waals surface area contributed by atoms with Crippen molar-refractivity contribution < 1.29 is 9.90 Å². The normalized spacial score (nSPS) is 19.6. The summed E-state index contributed by atoms with van der Waals surface area (Å²) >= 11 is 0. The maximum atomic E-state index is 12.1. The number of carbonyl (C=O) groups excluding carboxylic acids is 1. The van der Waals surface area contributed by atoms with Gasteiger partial charge in [0.2, 0.25) is 0 Å². The van der Waals surface area contributed by atoms with Crippen LogP contribution < -0.4 is 5.32 Å². The lowest BCUT2D eigenvalue weighted by Gasteiger charge is -2.16. The monoisotopic (exact) mass is 234 g/mol. The van der Waals surface area contributed by atoms with Crippen LogP contribution in [0.1, 0.15) is 22.3 Å². The minimum absolute atomic E-state index is 0.0134. The molecule has 17 heavy (non-hydrogen) atoms. The highest BCUT2D eigenvalue weighted by Gasteiger charge is 2.25. The van der Waals surface area contributed by atoms with Crippen molar-refractivity contribution in [2.45, 2.75) is 19.1 Å². The molecule has 1 amide bonds. The van der Waals surface area contributed by atoms with Crippen molar-refractivity contribution in [2.75, 3.05) is 20.1 Å². The van der Waals surface area contributed by atoms with Gasteiger partial charge in [0.1, 0.15) is 0 Å². The van der Waals surface area contributed by atoms with Gasteiger partial charge in [-0.05, 0) is 31.2 Å². The second-order valence-electron chi connectivity index (χ2n) is 4.42. The Kier molecular flexibility index (Phi) is 3.76. The summed E-state index contributed by atoms with van der Waals surface area (Å²) in [6.45, 7) is 1.86. The molecule has 92 valence electrons. The third kappa shape index (κ3) is 2.84. The van der Waals surface area contributed by atoms with Gasteiger partial charge >= 0.3 is 0 Å². The number of hydrogen-bond donors (Lipinski definition) is 2. The van der Waals surface area contributed by atoms with Crippen LogP contribution in [0.2, 0.25) is 0 Å². The van der Waals surface area contributed by atoms with Crippen LogP contribution in [0.4, 0.5) is 0 Å². The Morgan fingerprint density at radius 3 is 3.06 bits per heavy atom. The van der Waals surface area contributed by atoms with E-state index < -0.39 is 0 Å². The lowest BCUT2D eigenvalue weighted by Crippen LogP contribution is -2.29. The number of aliphatic hydroxyl groups is 1. The maximum absolute atomic E-state index is 12.1. The van der Waals surface area contributed by atoms with Crippen LogP contribution >= 0.6 is 0 Å². The number of aliphatic hydroxyl groups excluding tert-OH is 1. The van der Waals surface area contributed by atoms with Gasteiger partial charge in [-0.1, -0.05) is 12.1 Å². The topological polar surface area (TPSA) is 52.6 Å². The number of β-amino-alcohol motifs (C(OH)–C–C–N with tert-alkyl or cyclic N) is 1. The molecule has 0 spiro atoms. The third-order valence-corrected chi connectivity index (χ3v) is 3.01. The van der Waals surface area contributed by atoms with Crippen LogP contribution in [0.15, 0.2) is 24.3 Å². The zero-order chi connectivity index (χ0) is 12.3. The van der Waals surface area contributed by atoms with Gasteiger partial charge in [0, 0.05) is 25.2 Å². The zero-order valence-electron chi connectivity index (χ0n) is 10.0. The quantitative estimate of drug-likeness (QED) is 0.806. The summed E-state index contributed by atoms with van der Waals surface area (Å²) in [4.78, 5) is 13.9. The molecule has 0 radical (unpaired) electrons. The molecular formula is C13H18N2O2. The number of hydrogen-bond acceptors (Lipinski definition) is 3. The molecule has 4 nitrogen and oxygen atoms in total. The van der Waals surface area contributed by atoms with E-state index in [1.165, 1.54) is 0 Å². The van der Waals surface area contributed by atoms with Crippen LogP contribution in [0.3, 0.4) is 0 Å². The lowest BCUT2D eigenvalue weighted by atomic mass is 10.1. The van der Waals surface area contributed by atoms with Gasteiger partial charge in [0.15, 0.2) is 0 Å². The van der Waals surface area contributed by atoms with E-state index in [9.17, 15) is 9.90 Å². The van der Waals surface area contributed by atoms with Crippen molar-refractivity contribution in [2.24, 2.45) is 0 Å². The molecule has 0 aromatic heterocycles. The number of likely N-dealkylation sites (tertiary alicyclic amines) is 1. The van der Waals surface area contributed by atoms with E-state index in [1.807, 2.05) is 31.3 Å². The van der Waals surface area contributed by atoms with Crippen molar-refractivity contribution >= 4 is 5.91 Å². The average molecular weight is 234 g/mol. The molecule has 1 aromatic carbocycles. The van der Waals surface area contributed by atoms with Gasteiger partial charge in [-0.25, -0.2) is 0 Å². The molecule has 0 saturated carbocycles. The van der Waals surface area contributed by atoms with E-state index in [4.69, 9.17) is 0 Å². The lowest BCUT2D eigenvalue weighted by molar-refractivity contribution is 0.0765. The molecule has 1 aromatic rings. The average Bonchev–Trinajstić information content (AvgIpc) is 2.76. The smallest absolute Gasteiger partial charge is 0.253 e. The second kappa shape index (κ2) is 5.29. The van der Waals surface area contributed by atoms with Crippen LogP contribution in [-0.2, 0) is 6.54 Å². The van der Waals surface area contributed by atoms with Crippen molar-refractivity contribution in [3.8, 4) is 0 Å². The number of benzene rings is 1. The first-order valence-electron chi connectivity index (χ1n) is 5.91. The molecule has 2 rings (SSSR count). The Hall–Kier alpha value is -1.39. The highest BCUT2D eigenvalue weighted by Crippen LogP contribution is 2.14. The number of nitrogens with one attached hydrogen (secondary N) is 1. The molecule has 0 bridgehead atoms. The largest absolute Gasteiger partial charge is 0.391 e. The predicted molar refractivity (Wildman–Crippen MR) is 65.7 cm³/mol. The fourth-order valence-electron chi connectivity index (χ4n) is 2.13. The van der Waals surface area contributed by atoms with Gasteiger partial charge in [0.25, 0.3) is 5.91 Å². The Labute approximate surface area is 101 Å². The molecule has 1 fully saturated rings. The van der Waals surface area contributed by atoms with Crippen molar-refractivity contribution in [3.63, 3.8) is 0 Å². The first kappa shape index (κ1) is 12.1. The van der Waals surface area contributed by atoms with Crippen LogP contribution in [0.25, 0.3) is 0 Å². The van der Waals surface area contributed by atoms with E-state index in [2.05, 4.69) is 5.32 Å². The minimum atomic E-state index is -0.362. The standard InChI is InChI=1S/C13H18N2O2/c1-14-8-10-3-2-4-11(7-10)13(17)15-6-5-12(16)9-15/h2-4,7,12,14,16H,5-6,8-9H2,1H3/t12-/m0/s1. The highest BCUT2D eigenvalue weighted by molar-refractivity contribution is 5.94. The van der Waals surface area contributed by atoms with Gasteiger partial charge in [-0.3, -0.25) is 4.79 Å². The van der Waals surface area contributed by atoms with Gasteiger partial charge in [0.05, 0.1) is 6.10 Å². The van der Waals surface area contributed by atoms with E-state index in [1.54, 1.807) is 4.90 Å². The third-order valence-electron chi connectivity index (χ3n) is 3.01. The summed E-state index contributed by atoms with van der Waals surface area (Å²) in [5.41, 5.74) is 1.80.